The number of aliphatic carboxylic acids is 2. The second-order valence-corrected chi connectivity index (χ2v) is 4.30. The monoisotopic (exact) mass is 259 g/mol. The van der Waals surface area contributed by atoms with Gasteiger partial charge in [-0.25, -0.2) is 4.79 Å². The number of hydrogen-bond acceptors (Lipinski definition) is 3. The summed E-state index contributed by atoms with van der Waals surface area (Å²) >= 11 is 0. The molecule has 104 valence electrons. The number of rotatable bonds is 8. The van der Waals surface area contributed by atoms with Crippen LogP contribution in [0.2, 0.25) is 0 Å². The minimum absolute atomic E-state index is 0.0705. The molecule has 0 bridgehead atoms. The van der Waals surface area contributed by atoms with Gasteiger partial charge in [0, 0.05) is 13.0 Å². The van der Waals surface area contributed by atoms with E-state index >= 15 is 0 Å². The first-order chi connectivity index (χ1) is 8.34. The van der Waals surface area contributed by atoms with Gasteiger partial charge in [0.05, 0.1) is 5.92 Å². The Bertz CT molecular complexity index is 316. The highest BCUT2D eigenvalue weighted by molar-refractivity contribution is 5.84. The second-order valence-electron chi connectivity index (χ2n) is 4.30. The average molecular weight is 259 g/mol. The third-order valence-electron chi connectivity index (χ3n) is 2.72. The van der Waals surface area contributed by atoms with Gasteiger partial charge in [-0.05, 0) is 12.8 Å². The van der Waals surface area contributed by atoms with Gasteiger partial charge in [0.25, 0.3) is 0 Å². The third kappa shape index (κ3) is 4.73. The number of amides is 1. The first-order valence-corrected chi connectivity index (χ1v) is 6.10. The average Bonchev–Trinajstić information content (AvgIpc) is 2.28. The van der Waals surface area contributed by atoms with Gasteiger partial charge in [-0.3, -0.25) is 9.59 Å². The molecule has 0 aliphatic carbocycles. The van der Waals surface area contributed by atoms with Crippen molar-refractivity contribution in [1.29, 1.82) is 0 Å². The van der Waals surface area contributed by atoms with Crippen LogP contribution in [0.1, 0.15) is 40.0 Å². The molecule has 0 fully saturated rings. The maximum absolute atomic E-state index is 11.9. The van der Waals surface area contributed by atoms with E-state index in [0.717, 1.165) is 0 Å². The Balaban J connectivity index is 4.97. The Kier molecular flexibility index (Phi) is 7.00. The van der Waals surface area contributed by atoms with Crippen LogP contribution < -0.4 is 0 Å². The molecule has 2 N–H and O–H groups in total. The highest BCUT2D eigenvalue weighted by atomic mass is 16.4. The van der Waals surface area contributed by atoms with Gasteiger partial charge in [-0.15, -0.1) is 0 Å². The highest BCUT2D eigenvalue weighted by Gasteiger charge is 2.30. The molecule has 0 aliphatic rings. The van der Waals surface area contributed by atoms with E-state index in [9.17, 15) is 14.4 Å². The summed E-state index contributed by atoms with van der Waals surface area (Å²) in [6, 6.07) is -0.953. The minimum atomic E-state index is -1.10. The summed E-state index contributed by atoms with van der Waals surface area (Å²) in [6.45, 7) is 4.87. The van der Waals surface area contributed by atoms with Crippen LogP contribution in [0, 0.1) is 5.92 Å². The number of carbonyl (C=O) groups excluding carboxylic acids is 1. The molecular formula is C12H21NO5. The fraction of sp³-hybridized carbons (Fsp3) is 0.750. The summed E-state index contributed by atoms with van der Waals surface area (Å²) in [5, 5.41) is 17.9. The minimum Gasteiger partial charge on any atom is -0.481 e. The van der Waals surface area contributed by atoms with Crippen molar-refractivity contribution in [3.63, 3.8) is 0 Å². The normalized spacial score (nSPS) is 13.7. The molecule has 0 saturated carbocycles. The number of nitrogens with zero attached hydrogens (tertiary/aromatic N) is 1. The van der Waals surface area contributed by atoms with Crippen molar-refractivity contribution in [2.24, 2.45) is 5.92 Å². The van der Waals surface area contributed by atoms with Crippen LogP contribution in [-0.2, 0) is 14.4 Å². The van der Waals surface area contributed by atoms with Gasteiger partial charge in [-0.1, -0.05) is 20.8 Å². The fourth-order valence-corrected chi connectivity index (χ4v) is 1.66. The lowest BCUT2D eigenvalue weighted by atomic mass is 10.1. The SMILES string of the molecule is CCCC(=O)N(CC(C)C(=O)O)C(CC)C(=O)O. The highest BCUT2D eigenvalue weighted by Crippen LogP contribution is 2.12. The molecule has 0 rings (SSSR count). The molecule has 18 heavy (non-hydrogen) atoms. The molecule has 0 spiro atoms. The van der Waals surface area contributed by atoms with Crippen LogP contribution >= 0.6 is 0 Å². The third-order valence-corrected chi connectivity index (χ3v) is 2.72. The fourth-order valence-electron chi connectivity index (χ4n) is 1.66. The molecule has 0 aromatic heterocycles. The topological polar surface area (TPSA) is 94.9 Å². The van der Waals surface area contributed by atoms with Crippen LogP contribution in [0.25, 0.3) is 0 Å². The Morgan fingerprint density at radius 3 is 2.00 bits per heavy atom. The summed E-state index contributed by atoms with van der Waals surface area (Å²) in [5.41, 5.74) is 0. The summed E-state index contributed by atoms with van der Waals surface area (Å²) in [4.78, 5) is 34.9. The van der Waals surface area contributed by atoms with E-state index in [1.807, 2.05) is 6.92 Å². The largest absolute Gasteiger partial charge is 0.481 e. The van der Waals surface area contributed by atoms with E-state index in [1.54, 1.807) is 6.92 Å². The Morgan fingerprint density at radius 2 is 1.67 bits per heavy atom. The number of carbonyl (C=O) groups is 3. The first-order valence-electron chi connectivity index (χ1n) is 6.10. The quantitative estimate of drug-likeness (QED) is 0.683. The Labute approximate surface area is 107 Å². The first kappa shape index (κ1) is 16.4. The summed E-state index contributed by atoms with van der Waals surface area (Å²) in [5.74, 6) is -3.22. The van der Waals surface area contributed by atoms with E-state index in [-0.39, 0.29) is 25.3 Å². The van der Waals surface area contributed by atoms with Crippen LogP contribution in [0.15, 0.2) is 0 Å². The lowest BCUT2D eigenvalue weighted by Gasteiger charge is -2.29. The van der Waals surface area contributed by atoms with E-state index < -0.39 is 23.9 Å². The van der Waals surface area contributed by atoms with E-state index in [1.165, 1.54) is 11.8 Å². The Hall–Kier alpha value is -1.59. The van der Waals surface area contributed by atoms with Crippen molar-refractivity contribution in [3.05, 3.63) is 0 Å². The van der Waals surface area contributed by atoms with Crippen molar-refractivity contribution >= 4 is 17.8 Å². The van der Waals surface area contributed by atoms with Crippen LogP contribution in [0.5, 0.6) is 0 Å². The van der Waals surface area contributed by atoms with Gasteiger partial charge < -0.3 is 15.1 Å². The van der Waals surface area contributed by atoms with Gasteiger partial charge in [0.1, 0.15) is 6.04 Å². The van der Waals surface area contributed by atoms with Crippen molar-refractivity contribution in [2.75, 3.05) is 6.54 Å². The van der Waals surface area contributed by atoms with Crippen LogP contribution in [-0.4, -0.2) is 45.5 Å². The standard InChI is InChI=1S/C12H21NO5/c1-4-6-10(14)13(7-8(3)11(15)16)9(5-2)12(17)18/h8-9H,4-7H2,1-3H3,(H,15,16)(H,17,18). The van der Waals surface area contributed by atoms with Crippen molar-refractivity contribution < 1.29 is 24.6 Å². The molecule has 0 heterocycles. The van der Waals surface area contributed by atoms with E-state index in [4.69, 9.17) is 10.2 Å². The van der Waals surface area contributed by atoms with Crippen molar-refractivity contribution in [1.82, 2.24) is 4.90 Å². The van der Waals surface area contributed by atoms with Crippen LogP contribution in [0.3, 0.4) is 0 Å². The lowest BCUT2D eigenvalue weighted by molar-refractivity contribution is -0.153. The van der Waals surface area contributed by atoms with Gasteiger partial charge in [0.15, 0.2) is 0 Å². The van der Waals surface area contributed by atoms with Crippen molar-refractivity contribution in [3.8, 4) is 0 Å². The zero-order chi connectivity index (χ0) is 14.3. The van der Waals surface area contributed by atoms with E-state index in [2.05, 4.69) is 0 Å². The predicted octanol–water partition coefficient (Wildman–Crippen LogP) is 1.20. The zero-order valence-electron chi connectivity index (χ0n) is 11.0. The molecule has 0 aromatic rings. The van der Waals surface area contributed by atoms with Gasteiger partial charge in [0.2, 0.25) is 5.91 Å². The summed E-state index contributed by atoms with van der Waals surface area (Å²) in [6.07, 6.45) is 1.10. The molecule has 2 atom stereocenters. The molecular weight excluding hydrogens is 238 g/mol. The molecule has 0 saturated heterocycles. The van der Waals surface area contributed by atoms with Crippen molar-refractivity contribution in [2.45, 2.75) is 46.1 Å². The molecule has 0 aromatic carbocycles. The molecule has 6 heteroatoms. The van der Waals surface area contributed by atoms with Gasteiger partial charge >= 0.3 is 11.9 Å². The molecule has 6 nitrogen and oxygen atoms in total. The zero-order valence-corrected chi connectivity index (χ0v) is 11.0. The predicted molar refractivity (Wildman–Crippen MR) is 65.1 cm³/mol. The summed E-state index contributed by atoms with van der Waals surface area (Å²) < 4.78 is 0. The lowest BCUT2D eigenvalue weighted by Crippen LogP contribution is -2.47. The number of hydrogen-bond donors (Lipinski definition) is 2. The van der Waals surface area contributed by atoms with Gasteiger partial charge in [-0.2, -0.15) is 0 Å². The molecule has 0 aliphatic heterocycles. The second kappa shape index (κ2) is 7.68. The molecule has 0 radical (unpaired) electrons. The van der Waals surface area contributed by atoms with Crippen LogP contribution in [0.4, 0.5) is 0 Å². The van der Waals surface area contributed by atoms with E-state index in [0.29, 0.717) is 6.42 Å². The Morgan fingerprint density at radius 1 is 1.11 bits per heavy atom. The molecule has 1 amide bonds. The molecule has 2 unspecified atom stereocenters. The maximum atomic E-state index is 11.9. The number of carboxylic acid groups (broad SMARTS) is 2. The smallest absolute Gasteiger partial charge is 0.326 e. The maximum Gasteiger partial charge on any atom is 0.326 e. The summed E-state index contributed by atoms with van der Waals surface area (Å²) in [7, 11) is 0. The number of carboxylic acids is 2.